The molecule has 0 bridgehead atoms. The van der Waals surface area contributed by atoms with Gasteiger partial charge in [-0.15, -0.1) is 0 Å². The van der Waals surface area contributed by atoms with Gasteiger partial charge in [-0.3, -0.25) is 0 Å². The highest BCUT2D eigenvalue weighted by atomic mass is 15.0. The normalized spacial score (nSPS) is 10.1. The monoisotopic (exact) mass is 187 g/mol. The Bertz CT molecular complexity index is 393. The third-order valence-electron chi connectivity index (χ3n) is 2.20. The lowest BCUT2D eigenvalue weighted by Crippen LogP contribution is -2.00. The maximum atomic E-state index is 4.02. The van der Waals surface area contributed by atoms with Gasteiger partial charge in [0.2, 0.25) is 0 Å². The molecule has 2 aromatic rings. The SMILES string of the molecule is CNc1ccccc1Cn1ccnc1. The Kier molecular flexibility index (Phi) is 2.49. The molecule has 0 radical (unpaired) electrons. The number of hydrogen-bond acceptors (Lipinski definition) is 2. The molecule has 1 N–H and O–H groups in total. The van der Waals surface area contributed by atoms with Crippen LogP contribution in [0, 0.1) is 0 Å². The maximum absolute atomic E-state index is 4.02. The Labute approximate surface area is 83.4 Å². The number of rotatable bonds is 3. The summed E-state index contributed by atoms with van der Waals surface area (Å²) in [5.41, 5.74) is 2.44. The van der Waals surface area contributed by atoms with Gasteiger partial charge in [-0.2, -0.15) is 0 Å². The first-order valence-corrected chi connectivity index (χ1v) is 4.61. The topological polar surface area (TPSA) is 29.9 Å². The molecular weight excluding hydrogens is 174 g/mol. The molecule has 1 aromatic heterocycles. The highest BCUT2D eigenvalue weighted by Crippen LogP contribution is 2.14. The summed E-state index contributed by atoms with van der Waals surface area (Å²) in [6, 6.07) is 8.27. The van der Waals surface area contributed by atoms with Crippen LogP contribution in [0.4, 0.5) is 5.69 Å². The molecule has 1 aromatic carbocycles. The van der Waals surface area contributed by atoms with E-state index in [2.05, 4.69) is 27.0 Å². The largest absolute Gasteiger partial charge is 0.388 e. The number of imidazole rings is 1. The van der Waals surface area contributed by atoms with E-state index in [0.717, 1.165) is 6.54 Å². The summed E-state index contributed by atoms with van der Waals surface area (Å²) in [6.45, 7) is 0.858. The minimum absolute atomic E-state index is 0.858. The van der Waals surface area contributed by atoms with Crippen LogP contribution in [0.2, 0.25) is 0 Å². The molecular formula is C11H13N3. The highest BCUT2D eigenvalue weighted by molar-refractivity contribution is 5.50. The lowest BCUT2D eigenvalue weighted by Gasteiger charge is -2.08. The lowest BCUT2D eigenvalue weighted by molar-refractivity contribution is 0.798. The van der Waals surface area contributed by atoms with Crippen LogP contribution >= 0.6 is 0 Å². The third kappa shape index (κ3) is 1.76. The van der Waals surface area contributed by atoms with Crippen molar-refractivity contribution in [3.8, 4) is 0 Å². The second-order valence-electron chi connectivity index (χ2n) is 3.14. The van der Waals surface area contributed by atoms with Crippen molar-refractivity contribution in [2.45, 2.75) is 6.54 Å². The molecule has 72 valence electrons. The Balaban J connectivity index is 2.24. The molecule has 2 rings (SSSR count). The average molecular weight is 187 g/mol. The highest BCUT2D eigenvalue weighted by Gasteiger charge is 1.99. The van der Waals surface area contributed by atoms with Crippen molar-refractivity contribution in [3.05, 3.63) is 48.5 Å². The molecule has 0 amide bonds. The molecule has 0 spiro atoms. The number of para-hydroxylation sites is 1. The fourth-order valence-electron chi connectivity index (χ4n) is 1.48. The predicted octanol–water partition coefficient (Wildman–Crippen LogP) is 1.97. The van der Waals surface area contributed by atoms with Crippen LogP contribution in [0.5, 0.6) is 0 Å². The number of anilines is 1. The van der Waals surface area contributed by atoms with E-state index in [4.69, 9.17) is 0 Å². The van der Waals surface area contributed by atoms with Gasteiger partial charge in [0.15, 0.2) is 0 Å². The summed E-state index contributed by atoms with van der Waals surface area (Å²) in [4.78, 5) is 4.02. The molecule has 3 heteroatoms. The molecule has 0 aliphatic carbocycles. The summed E-state index contributed by atoms with van der Waals surface area (Å²) >= 11 is 0. The number of hydrogen-bond donors (Lipinski definition) is 1. The number of nitrogens with zero attached hydrogens (tertiary/aromatic N) is 2. The van der Waals surface area contributed by atoms with Crippen molar-refractivity contribution in [2.24, 2.45) is 0 Å². The van der Waals surface area contributed by atoms with Crippen LogP contribution < -0.4 is 5.32 Å². The van der Waals surface area contributed by atoms with E-state index in [0.29, 0.717) is 0 Å². The summed E-state index contributed by atoms with van der Waals surface area (Å²) < 4.78 is 2.05. The second kappa shape index (κ2) is 3.96. The average Bonchev–Trinajstić information content (AvgIpc) is 2.71. The second-order valence-corrected chi connectivity index (χ2v) is 3.14. The summed E-state index contributed by atoms with van der Waals surface area (Å²) in [5.74, 6) is 0. The van der Waals surface area contributed by atoms with Gasteiger partial charge in [0, 0.05) is 25.1 Å². The number of aromatic nitrogens is 2. The van der Waals surface area contributed by atoms with E-state index in [9.17, 15) is 0 Å². The minimum Gasteiger partial charge on any atom is -0.388 e. The quantitative estimate of drug-likeness (QED) is 0.796. The zero-order chi connectivity index (χ0) is 9.80. The Hall–Kier alpha value is -1.77. The van der Waals surface area contributed by atoms with Gasteiger partial charge < -0.3 is 9.88 Å². The smallest absolute Gasteiger partial charge is 0.0949 e. The Morgan fingerprint density at radius 2 is 2.21 bits per heavy atom. The van der Waals surface area contributed by atoms with Crippen LogP contribution in [0.3, 0.4) is 0 Å². The van der Waals surface area contributed by atoms with Crippen molar-refractivity contribution in [1.29, 1.82) is 0 Å². The molecule has 3 nitrogen and oxygen atoms in total. The van der Waals surface area contributed by atoms with Crippen molar-refractivity contribution in [3.63, 3.8) is 0 Å². The van der Waals surface area contributed by atoms with Crippen molar-refractivity contribution in [2.75, 3.05) is 12.4 Å². The Morgan fingerprint density at radius 3 is 2.93 bits per heavy atom. The first-order chi connectivity index (χ1) is 6.90. The van der Waals surface area contributed by atoms with Gasteiger partial charge in [-0.1, -0.05) is 18.2 Å². The van der Waals surface area contributed by atoms with Crippen LogP contribution in [0.1, 0.15) is 5.56 Å². The van der Waals surface area contributed by atoms with Crippen LogP contribution in [0.15, 0.2) is 43.0 Å². The molecule has 1 heterocycles. The molecule has 0 aliphatic rings. The minimum atomic E-state index is 0.858. The predicted molar refractivity (Wildman–Crippen MR) is 57.3 cm³/mol. The number of nitrogens with one attached hydrogen (secondary N) is 1. The standard InChI is InChI=1S/C11H13N3/c1-12-11-5-3-2-4-10(11)8-14-7-6-13-9-14/h2-7,9,12H,8H2,1H3. The van der Waals surface area contributed by atoms with Gasteiger partial charge >= 0.3 is 0 Å². The van der Waals surface area contributed by atoms with E-state index in [1.165, 1.54) is 11.3 Å². The maximum Gasteiger partial charge on any atom is 0.0949 e. The molecule has 0 fully saturated rings. The zero-order valence-electron chi connectivity index (χ0n) is 8.14. The molecule has 0 saturated carbocycles. The first-order valence-electron chi connectivity index (χ1n) is 4.61. The van der Waals surface area contributed by atoms with E-state index in [1.807, 2.05) is 31.7 Å². The Morgan fingerprint density at radius 1 is 1.36 bits per heavy atom. The van der Waals surface area contributed by atoms with Crippen LogP contribution in [-0.4, -0.2) is 16.6 Å². The summed E-state index contributed by atoms with van der Waals surface area (Å²) in [6.07, 6.45) is 5.58. The van der Waals surface area contributed by atoms with Gasteiger partial charge in [0.05, 0.1) is 12.9 Å². The molecule has 14 heavy (non-hydrogen) atoms. The van der Waals surface area contributed by atoms with E-state index >= 15 is 0 Å². The first kappa shape index (κ1) is 8.81. The number of benzene rings is 1. The molecule has 0 aliphatic heterocycles. The van der Waals surface area contributed by atoms with Crippen molar-refractivity contribution < 1.29 is 0 Å². The fourth-order valence-corrected chi connectivity index (χ4v) is 1.48. The summed E-state index contributed by atoms with van der Waals surface area (Å²) in [7, 11) is 1.94. The van der Waals surface area contributed by atoms with E-state index in [1.54, 1.807) is 6.20 Å². The van der Waals surface area contributed by atoms with E-state index in [-0.39, 0.29) is 0 Å². The van der Waals surface area contributed by atoms with Gasteiger partial charge in [-0.05, 0) is 11.6 Å². The zero-order valence-corrected chi connectivity index (χ0v) is 8.14. The van der Waals surface area contributed by atoms with Crippen molar-refractivity contribution in [1.82, 2.24) is 9.55 Å². The van der Waals surface area contributed by atoms with Crippen molar-refractivity contribution >= 4 is 5.69 Å². The van der Waals surface area contributed by atoms with E-state index < -0.39 is 0 Å². The molecule has 0 atom stereocenters. The fraction of sp³-hybridized carbons (Fsp3) is 0.182. The molecule has 0 unspecified atom stereocenters. The van der Waals surface area contributed by atoms with Gasteiger partial charge in [-0.25, -0.2) is 4.98 Å². The summed E-state index contributed by atoms with van der Waals surface area (Å²) in [5, 5.41) is 3.17. The third-order valence-corrected chi connectivity index (χ3v) is 2.20. The van der Waals surface area contributed by atoms with Crippen LogP contribution in [-0.2, 0) is 6.54 Å². The lowest BCUT2D eigenvalue weighted by atomic mass is 10.2. The van der Waals surface area contributed by atoms with Gasteiger partial charge in [0.25, 0.3) is 0 Å². The van der Waals surface area contributed by atoms with Crippen LogP contribution in [0.25, 0.3) is 0 Å². The molecule has 0 saturated heterocycles. The van der Waals surface area contributed by atoms with Gasteiger partial charge in [0.1, 0.15) is 0 Å².